The highest BCUT2D eigenvalue weighted by Crippen LogP contribution is 2.42. The molecular weight excluding hydrogens is 304 g/mol. The SMILES string of the molecule is CCCc1ccc2ccccc2c1-c1c(OC)ccc2ccccc12. The van der Waals surface area contributed by atoms with Crippen LogP contribution in [0.4, 0.5) is 0 Å². The quantitative estimate of drug-likeness (QED) is 0.409. The van der Waals surface area contributed by atoms with Crippen LogP contribution in [0.15, 0.2) is 72.8 Å². The van der Waals surface area contributed by atoms with Gasteiger partial charge in [0.25, 0.3) is 0 Å². The summed E-state index contributed by atoms with van der Waals surface area (Å²) in [7, 11) is 1.76. The second-order valence-electron chi connectivity index (χ2n) is 6.43. The zero-order chi connectivity index (χ0) is 17.2. The standard InChI is InChI=1S/C24H22O/c1-3-8-19-14-13-17-9-4-6-11-20(17)23(19)24-21-12-7-5-10-18(21)15-16-22(24)25-2/h4-7,9-16H,3,8H2,1-2H3. The first kappa shape index (κ1) is 15.7. The summed E-state index contributed by atoms with van der Waals surface area (Å²) in [6.45, 7) is 2.24. The average molecular weight is 326 g/mol. The molecule has 0 atom stereocenters. The molecule has 0 aliphatic carbocycles. The van der Waals surface area contributed by atoms with Gasteiger partial charge >= 0.3 is 0 Å². The smallest absolute Gasteiger partial charge is 0.127 e. The summed E-state index contributed by atoms with van der Waals surface area (Å²) in [6.07, 6.45) is 2.19. The lowest BCUT2D eigenvalue weighted by Crippen LogP contribution is -1.96. The van der Waals surface area contributed by atoms with Crippen molar-refractivity contribution in [3.63, 3.8) is 0 Å². The molecule has 0 fully saturated rings. The van der Waals surface area contributed by atoms with Crippen LogP contribution >= 0.6 is 0 Å². The zero-order valence-corrected chi connectivity index (χ0v) is 14.8. The van der Waals surface area contributed by atoms with Gasteiger partial charge in [0.15, 0.2) is 0 Å². The molecule has 0 spiro atoms. The minimum atomic E-state index is 0.937. The van der Waals surface area contributed by atoms with Gasteiger partial charge in [-0.2, -0.15) is 0 Å². The fourth-order valence-electron chi connectivity index (χ4n) is 3.77. The maximum absolute atomic E-state index is 5.79. The Hall–Kier alpha value is -2.80. The summed E-state index contributed by atoms with van der Waals surface area (Å²) in [5, 5.41) is 5.06. The Kier molecular flexibility index (Phi) is 4.15. The third-order valence-electron chi connectivity index (χ3n) is 4.90. The first-order chi connectivity index (χ1) is 12.3. The van der Waals surface area contributed by atoms with E-state index >= 15 is 0 Å². The molecule has 0 unspecified atom stereocenters. The summed E-state index contributed by atoms with van der Waals surface area (Å²) in [4.78, 5) is 0. The van der Waals surface area contributed by atoms with E-state index in [0.29, 0.717) is 0 Å². The van der Waals surface area contributed by atoms with Gasteiger partial charge in [-0.3, -0.25) is 0 Å². The number of fused-ring (bicyclic) bond motifs is 2. The van der Waals surface area contributed by atoms with E-state index in [1.165, 1.54) is 38.2 Å². The maximum atomic E-state index is 5.79. The topological polar surface area (TPSA) is 9.23 Å². The van der Waals surface area contributed by atoms with Gasteiger partial charge in [-0.15, -0.1) is 0 Å². The van der Waals surface area contributed by atoms with Gasteiger partial charge in [-0.25, -0.2) is 0 Å². The Morgan fingerprint density at radius 2 is 1.28 bits per heavy atom. The van der Waals surface area contributed by atoms with E-state index in [4.69, 9.17) is 4.74 Å². The first-order valence-corrected chi connectivity index (χ1v) is 8.90. The van der Waals surface area contributed by atoms with Crippen LogP contribution in [-0.4, -0.2) is 7.11 Å². The van der Waals surface area contributed by atoms with Crippen molar-refractivity contribution in [1.82, 2.24) is 0 Å². The van der Waals surface area contributed by atoms with Crippen molar-refractivity contribution in [2.24, 2.45) is 0 Å². The molecule has 124 valence electrons. The average Bonchev–Trinajstić information content (AvgIpc) is 2.67. The predicted octanol–water partition coefficient (Wildman–Crippen LogP) is 6.62. The molecule has 0 heterocycles. The fraction of sp³-hybridized carbons (Fsp3) is 0.167. The van der Waals surface area contributed by atoms with E-state index in [9.17, 15) is 0 Å². The highest BCUT2D eigenvalue weighted by molar-refractivity contribution is 6.08. The van der Waals surface area contributed by atoms with Gasteiger partial charge in [0.1, 0.15) is 5.75 Å². The Balaban J connectivity index is 2.17. The summed E-state index contributed by atoms with van der Waals surface area (Å²) in [6, 6.07) is 26.0. The molecule has 1 nitrogen and oxygen atoms in total. The lowest BCUT2D eigenvalue weighted by atomic mass is 9.88. The van der Waals surface area contributed by atoms with E-state index in [1.807, 2.05) is 0 Å². The molecule has 0 saturated carbocycles. The number of benzene rings is 4. The van der Waals surface area contributed by atoms with Gasteiger partial charge in [-0.1, -0.05) is 80.1 Å². The molecule has 25 heavy (non-hydrogen) atoms. The fourth-order valence-corrected chi connectivity index (χ4v) is 3.77. The van der Waals surface area contributed by atoms with Crippen molar-refractivity contribution in [3.8, 4) is 16.9 Å². The van der Waals surface area contributed by atoms with Gasteiger partial charge in [0.2, 0.25) is 0 Å². The van der Waals surface area contributed by atoms with Crippen LogP contribution in [0.25, 0.3) is 32.7 Å². The molecule has 1 heteroatoms. The van der Waals surface area contributed by atoms with Crippen molar-refractivity contribution in [2.45, 2.75) is 19.8 Å². The van der Waals surface area contributed by atoms with Gasteiger partial charge in [0.05, 0.1) is 7.11 Å². The number of hydrogen-bond acceptors (Lipinski definition) is 1. The molecule has 0 N–H and O–H groups in total. The van der Waals surface area contributed by atoms with Gasteiger partial charge in [-0.05, 0) is 45.2 Å². The lowest BCUT2D eigenvalue weighted by Gasteiger charge is -2.18. The van der Waals surface area contributed by atoms with E-state index < -0.39 is 0 Å². The minimum Gasteiger partial charge on any atom is -0.496 e. The summed E-state index contributed by atoms with van der Waals surface area (Å²) in [5.41, 5.74) is 3.91. The number of rotatable bonds is 4. The highest BCUT2D eigenvalue weighted by atomic mass is 16.5. The lowest BCUT2D eigenvalue weighted by molar-refractivity contribution is 0.417. The number of ether oxygens (including phenoxy) is 1. The van der Waals surface area contributed by atoms with Crippen LogP contribution in [0.3, 0.4) is 0 Å². The minimum absolute atomic E-state index is 0.937. The van der Waals surface area contributed by atoms with Crippen molar-refractivity contribution in [2.75, 3.05) is 7.11 Å². The van der Waals surface area contributed by atoms with Crippen molar-refractivity contribution in [1.29, 1.82) is 0 Å². The molecule has 0 aromatic heterocycles. The summed E-state index contributed by atoms with van der Waals surface area (Å²) < 4.78 is 5.79. The van der Waals surface area contributed by atoms with Crippen molar-refractivity contribution >= 4 is 21.5 Å². The van der Waals surface area contributed by atoms with E-state index in [1.54, 1.807) is 7.11 Å². The summed E-state index contributed by atoms with van der Waals surface area (Å²) >= 11 is 0. The first-order valence-electron chi connectivity index (χ1n) is 8.90. The Morgan fingerprint density at radius 3 is 1.92 bits per heavy atom. The van der Waals surface area contributed by atoms with E-state index in [-0.39, 0.29) is 0 Å². The Morgan fingerprint density at radius 1 is 0.680 bits per heavy atom. The van der Waals surface area contributed by atoms with Gasteiger partial charge < -0.3 is 4.74 Å². The summed E-state index contributed by atoms with van der Waals surface area (Å²) in [5.74, 6) is 0.937. The predicted molar refractivity (Wildman–Crippen MR) is 107 cm³/mol. The van der Waals surface area contributed by atoms with Crippen LogP contribution in [0.5, 0.6) is 5.75 Å². The molecule has 4 aromatic rings. The Labute approximate surface area is 148 Å². The molecule has 4 aromatic carbocycles. The van der Waals surface area contributed by atoms with Crippen LogP contribution in [0.2, 0.25) is 0 Å². The second kappa shape index (κ2) is 6.60. The molecule has 0 aliphatic heterocycles. The largest absolute Gasteiger partial charge is 0.496 e. The number of aryl methyl sites for hydroxylation is 1. The zero-order valence-electron chi connectivity index (χ0n) is 14.8. The van der Waals surface area contributed by atoms with Crippen molar-refractivity contribution < 1.29 is 4.74 Å². The van der Waals surface area contributed by atoms with E-state index in [2.05, 4.69) is 79.7 Å². The molecular formula is C24H22O. The Bertz CT molecular complexity index is 1050. The molecule has 4 rings (SSSR count). The van der Waals surface area contributed by atoms with Crippen LogP contribution in [0.1, 0.15) is 18.9 Å². The van der Waals surface area contributed by atoms with Crippen LogP contribution in [0, 0.1) is 0 Å². The number of methoxy groups -OCH3 is 1. The van der Waals surface area contributed by atoms with Crippen LogP contribution in [-0.2, 0) is 6.42 Å². The molecule has 0 radical (unpaired) electrons. The monoisotopic (exact) mass is 326 g/mol. The van der Waals surface area contributed by atoms with Gasteiger partial charge in [0, 0.05) is 5.56 Å². The molecule has 0 bridgehead atoms. The highest BCUT2D eigenvalue weighted by Gasteiger charge is 2.16. The number of hydrogen-bond donors (Lipinski definition) is 0. The third kappa shape index (κ3) is 2.66. The van der Waals surface area contributed by atoms with Crippen LogP contribution < -0.4 is 4.74 Å². The second-order valence-corrected chi connectivity index (χ2v) is 6.43. The van der Waals surface area contributed by atoms with E-state index in [0.717, 1.165) is 18.6 Å². The third-order valence-corrected chi connectivity index (χ3v) is 4.90. The molecule has 0 amide bonds. The molecule has 0 aliphatic rings. The normalized spacial score (nSPS) is 11.1. The van der Waals surface area contributed by atoms with Crippen molar-refractivity contribution in [3.05, 3.63) is 78.4 Å². The maximum Gasteiger partial charge on any atom is 0.127 e. The molecule has 0 saturated heterocycles.